The third-order valence-electron chi connectivity index (χ3n) is 6.88. The highest BCUT2D eigenvalue weighted by molar-refractivity contribution is 8.19. The van der Waals surface area contributed by atoms with Gasteiger partial charge in [-0.1, -0.05) is 142 Å². The van der Waals surface area contributed by atoms with Gasteiger partial charge in [-0.3, -0.25) is 4.79 Å². The first-order valence-electron chi connectivity index (χ1n) is 15.2. The van der Waals surface area contributed by atoms with E-state index < -0.39 is 16.0 Å². The van der Waals surface area contributed by atoms with Crippen LogP contribution in [0.15, 0.2) is 0 Å². The average Bonchev–Trinajstić information content (AvgIpc) is 2.84. The zero-order valence-corrected chi connectivity index (χ0v) is 25.3. The van der Waals surface area contributed by atoms with Crippen LogP contribution in [-0.4, -0.2) is 37.7 Å². The molecular formula is C30H58O4S2. The minimum atomic E-state index is -1.25. The van der Waals surface area contributed by atoms with Crippen molar-refractivity contribution < 1.29 is 19.8 Å². The summed E-state index contributed by atoms with van der Waals surface area (Å²) in [6, 6.07) is 0. The summed E-state index contributed by atoms with van der Waals surface area (Å²) in [4.78, 5) is 23.6. The van der Waals surface area contributed by atoms with Crippen LogP contribution in [0.3, 0.4) is 0 Å². The van der Waals surface area contributed by atoms with E-state index in [0.717, 1.165) is 37.2 Å². The molecule has 0 unspecified atom stereocenters. The number of unbranched alkanes of at least 4 members (excludes halogenated alkanes) is 20. The van der Waals surface area contributed by atoms with Crippen molar-refractivity contribution in [3.63, 3.8) is 0 Å². The molecule has 4 nitrogen and oxygen atoms in total. The fraction of sp³-hybridized carbons (Fsp3) is 0.933. The summed E-state index contributed by atoms with van der Waals surface area (Å²) in [5.41, 5.74) is 0. The largest absolute Gasteiger partial charge is 0.481 e. The standard InChI is InChI=1S/C30H58O4S2/c1-3-5-7-9-11-13-15-17-19-21-23-25-35-30(29(33)34,27-28(31)32)36-26-24-22-20-18-16-14-12-10-8-6-4-2/h3-27H2,1-2H3,(H,31,32)(H,33,34). The van der Waals surface area contributed by atoms with Gasteiger partial charge in [0.05, 0.1) is 6.42 Å². The van der Waals surface area contributed by atoms with Crippen LogP contribution in [0.1, 0.15) is 162 Å². The van der Waals surface area contributed by atoms with E-state index in [4.69, 9.17) is 0 Å². The van der Waals surface area contributed by atoms with Gasteiger partial charge in [-0.05, 0) is 24.3 Å². The molecule has 0 amide bonds. The third-order valence-corrected chi connectivity index (χ3v) is 10.1. The summed E-state index contributed by atoms with van der Waals surface area (Å²) in [7, 11) is 0. The summed E-state index contributed by atoms with van der Waals surface area (Å²) in [6.07, 6.45) is 27.5. The monoisotopic (exact) mass is 546 g/mol. The second-order valence-electron chi connectivity index (χ2n) is 10.4. The van der Waals surface area contributed by atoms with Gasteiger partial charge in [-0.25, -0.2) is 4.79 Å². The summed E-state index contributed by atoms with van der Waals surface area (Å²) in [6.45, 7) is 4.50. The Morgan fingerprint density at radius 2 is 0.778 bits per heavy atom. The number of carboxylic acid groups (broad SMARTS) is 2. The lowest BCUT2D eigenvalue weighted by Gasteiger charge is -2.26. The van der Waals surface area contributed by atoms with Crippen molar-refractivity contribution in [2.24, 2.45) is 0 Å². The molecule has 0 saturated heterocycles. The summed E-state index contributed by atoms with van der Waals surface area (Å²) in [5, 5.41) is 19.3. The van der Waals surface area contributed by atoms with Crippen LogP contribution in [0.2, 0.25) is 0 Å². The lowest BCUT2D eigenvalue weighted by Crippen LogP contribution is -2.35. The van der Waals surface area contributed by atoms with Crippen LogP contribution in [-0.2, 0) is 9.59 Å². The maximum Gasteiger partial charge on any atom is 0.330 e. The molecule has 0 bridgehead atoms. The number of hydrogen-bond donors (Lipinski definition) is 2. The second kappa shape index (κ2) is 26.3. The summed E-state index contributed by atoms with van der Waals surface area (Å²) >= 11 is 2.70. The minimum Gasteiger partial charge on any atom is -0.481 e. The maximum atomic E-state index is 12.1. The average molecular weight is 547 g/mol. The highest BCUT2D eigenvalue weighted by Crippen LogP contribution is 2.42. The second-order valence-corrected chi connectivity index (χ2v) is 13.4. The zero-order valence-electron chi connectivity index (χ0n) is 23.7. The maximum absolute atomic E-state index is 12.1. The number of carbonyl (C=O) groups is 2. The Labute approximate surface area is 231 Å². The van der Waals surface area contributed by atoms with Gasteiger partial charge in [0.1, 0.15) is 0 Å². The molecule has 0 aliphatic carbocycles. The van der Waals surface area contributed by atoms with E-state index >= 15 is 0 Å². The highest BCUT2D eigenvalue weighted by Gasteiger charge is 2.41. The van der Waals surface area contributed by atoms with Gasteiger partial charge < -0.3 is 10.2 Å². The normalized spacial score (nSPS) is 11.7. The van der Waals surface area contributed by atoms with Crippen LogP contribution in [0, 0.1) is 0 Å². The fourth-order valence-electron chi connectivity index (χ4n) is 4.55. The molecular weight excluding hydrogens is 488 g/mol. The predicted octanol–water partition coefficient (Wildman–Crippen LogP) is 10.3. The Bertz CT molecular complexity index is 485. The zero-order chi connectivity index (χ0) is 26.7. The summed E-state index contributed by atoms with van der Waals surface area (Å²) in [5.74, 6) is -0.551. The number of hydrogen-bond acceptors (Lipinski definition) is 4. The number of thioether (sulfide) groups is 2. The highest BCUT2D eigenvalue weighted by atomic mass is 32.2. The van der Waals surface area contributed by atoms with E-state index in [0.29, 0.717) is 0 Å². The van der Waals surface area contributed by atoms with Crippen LogP contribution in [0.25, 0.3) is 0 Å². The molecule has 0 aliphatic rings. The molecule has 2 N–H and O–H groups in total. The summed E-state index contributed by atoms with van der Waals surface area (Å²) < 4.78 is -1.25. The van der Waals surface area contributed by atoms with E-state index in [9.17, 15) is 19.8 Å². The number of aliphatic carboxylic acids is 2. The van der Waals surface area contributed by atoms with Crippen molar-refractivity contribution in [2.75, 3.05) is 11.5 Å². The molecule has 0 saturated carbocycles. The van der Waals surface area contributed by atoms with Crippen molar-refractivity contribution in [3.05, 3.63) is 0 Å². The molecule has 6 heteroatoms. The first kappa shape index (κ1) is 35.6. The smallest absolute Gasteiger partial charge is 0.330 e. The molecule has 0 heterocycles. The van der Waals surface area contributed by atoms with Gasteiger partial charge in [0, 0.05) is 0 Å². The minimum absolute atomic E-state index is 0.312. The van der Waals surface area contributed by atoms with Crippen molar-refractivity contribution in [2.45, 2.75) is 166 Å². The Kier molecular flexibility index (Phi) is 26.0. The van der Waals surface area contributed by atoms with E-state index in [2.05, 4.69) is 13.8 Å². The van der Waals surface area contributed by atoms with E-state index in [-0.39, 0.29) is 6.42 Å². The van der Waals surface area contributed by atoms with Crippen LogP contribution >= 0.6 is 23.5 Å². The molecule has 0 aromatic carbocycles. The van der Waals surface area contributed by atoms with E-state index in [1.165, 1.54) is 139 Å². The Morgan fingerprint density at radius 1 is 0.500 bits per heavy atom. The number of rotatable bonds is 29. The van der Waals surface area contributed by atoms with Gasteiger partial charge in [0.2, 0.25) is 0 Å². The van der Waals surface area contributed by atoms with Gasteiger partial charge in [-0.15, -0.1) is 23.5 Å². The van der Waals surface area contributed by atoms with Crippen LogP contribution in [0.5, 0.6) is 0 Å². The Morgan fingerprint density at radius 3 is 1.03 bits per heavy atom. The van der Waals surface area contributed by atoms with Crippen LogP contribution < -0.4 is 0 Å². The number of carboxylic acids is 2. The van der Waals surface area contributed by atoms with Crippen molar-refractivity contribution in [1.29, 1.82) is 0 Å². The molecule has 214 valence electrons. The molecule has 0 spiro atoms. The van der Waals surface area contributed by atoms with Gasteiger partial charge >= 0.3 is 11.9 Å². The molecule has 36 heavy (non-hydrogen) atoms. The van der Waals surface area contributed by atoms with Crippen molar-refractivity contribution >= 4 is 35.5 Å². The quantitative estimate of drug-likeness (QED) is 0.0718. The first-order valence-corrected chi connectivity index (χ1v) is 17.2. The molecule has 0 aromatic heterocycles. The van der Waals surface area contributed by atoms with E-state index in [1.807, 2.05) is 0 Å². The van der Waals surface area contributed by atoms with Gasteiger partial charge in [0.15, 0.2) is 4.08 Å². The van der Waals surface area contributed by atoms with Crippen molar-refractivity contribution in [1.82, 2.24) is 0 Å². The van der Waals surface area contributed by atoms with Crippen molar-refractivity contribution in [3.8, 4) is 0 Å². The van der Waals surface area contributed by atoms with Crippen LogP contribution in [0.4, 0.5) is 0 Å². The molecule has 0 atom stereocenters. The fourth-order valence-corrected chi connectivity index (χ4v) is 7.44. The lowest BCUT2D eigenvalue weighted by molar-refractivity contribution is -0.143. The third kappa shape index (κ3) is 21.7. The topological polar surface area (TPSA) is 74.6 Å². The Hall–Kier alpha value is -0.360. The van der Waals surface area contributed by atoms with E-state index in [1.54, 1.807) is 0 Å². The molecule has 0 radical (unpaired) electrons. The van der Waals surface area contributed by atoms with Gasteiger partial charge in [-0.2, -0.15) is 0 Å². The Balaban J connectivity index is 4.02. The lowest BCUT2D eigenvalue weighted by atomic mass is 10.1. The molecule has 0 aromatic rings. The SMILES string of the molecule is CCCCCCCCCCCCCSC(CC(=O)O)(SCCCCCCCCCCCCC)C(=O)O. The molecule has 0 rings (SSSR count). The molecule has 0 fully saturated rings. The van der Waals surface area contributed by atoms with Gasteiger partial charge in [0.25, 0.3) is 0 Å². The first-order chi connectivity index (χ1) is 17.5. The molecule has 0 aliphatic heterocycles. The predicted molar refractivity (Wildman–Crippen MR) is 160 cm³/mol.